The molecule has 0 fully saturated rings. The molecule has 1 aromatic carbocycles. The Hall–Kier alpha value is -1.48. The molecule has 1 atom stereocenters. The Morgan fingerprint density at radius 1 is 1.47 bits per heavy atom. The lowest BCUT2D eigenvalue weighted by Gasteiger charge is -2.20. The molecule has 0 saturated carbocycles. The second-order valence-electron chi connectivity index (χ2n) is 4.22. The molecule has 5 heteroatoms. The van der Waals surface area contributed by atoms with Gasteiger partial charge in [0.25, 0.3) is 0 Å². The molecule has 0 aliphatic rings. The van der Waals surface area contributed by atoms with Crippen molar-refractivity contribution in [1.29, 1.82) is 5.26 Å². The van der Waals surface area contributed by atoms with Crippen LogP contribution >= 0.6 is 0 Å². The second kappa shape index (κ2) is 5.73. The molecule has 0 heterocycles. The van der Waals surface area contributed by atoms with E-state index >= 15 is 0 Å². The first kappa shape index (κ1) is 13.6. The monoisotopic (exact) mass is 238 g/mol. The normalized spacial score (nSPS) is 14.1. The van der Waals surface area contributed by atoms with Crippen molar-refractivity contribution in [2.24, 2.45) is 0 Å². The summed E-state index contributed by atoms with van der Waals surface area (Å²) in [5.41, 5.74) is -0.322. The fraction of sp³-hybridized carbons (Fsp3) is 0.417. The summed E-state index contributed by atoms with van der Waals surface area (Å²) in [4.78, 5) is 0. The summed E-state index contributed by atoms with van der Waals surface area (Å²) < 4.78 is 13.1. The number of nitrogens with zero attached hydrogens (tertiary/aromatic N) is 1. The van der Waals surface area contributed by atoms with Crippen LogP contribution < -0.4 is 5.32 Å². The van der Waals surface area contributed by atoms with Gasteiger partial charge < -0.3 is 15.5 Å². The number of nitrogens with one attached hydrogen (secondary N) is 1. The Bertz CT molecular complexity index is 427. The maximum absolute atomic E-state index is 13.1. The minimum atomic E-state index is -1.20. The van der Waals surface area contributed by atoms with Gasteiger partial charge in [-0.1, -0.05) is 0 Å². The number of hydrogen-bond donors (Lipinski definition) is 3. The van der Waals surface area contributed by atoms with Crippen LogP contribution in [-0.2, 0) is 6.54 Å². The summed E-state index contributed by atoms with van der Waals surface area (Å²) in [7, 11) is 0. The molecular weight excluding hydrogens is 223 g/mol. The molecule has 0 saturated heterocycles. The Morgan fingerprint density at radius 2 is 2.18 bits per heavy atom. The summed E-state index contributed by atoms with van der Waals surface area (Å²) in [5.74, 6) is -0.463. The van der Waals surface area contributed by atoms with E-state index in [0.29, 0.717) is 12.1 Å². The number of aliphatic hydroxyl groups is 2. The summed E-state index contributed by atoms with van der Waals surface area (Å²) in [6, 6.07) is 5.92. The van der Waals surface area contributed by atoms with Crippen LogP contribution in [-0.4, -0.2) is 29.0 Å². The number of hydrogen-bond acceptors (Lipinski definition) is 4. The topological polar surface area (TPSA) is 76.3 Å². The third kappa shape index (κ3) is 4.49. The van der Waals surface area contributed by atoms with Crippen LogP contribution in [0.3, 0.4) is 0 Å². The molecule has 3 N–H and O–H groups in total. The van der Waals surface area contributed by atoms with Gasteiger partial charge in [0.15, 0.2) is 0 Å². The summed E-state index contributed by atoms with van der Waals surface area (Å²) in [5, 5.41) is 29.9. The maximum Gasteiger partial charge on any atom is 0.124 e. The Balaban J connectivity index is 2.58. The highest BCUT2D eigenvalue weighted by molar-refractivity contribution is 5.33. The predicted octanol–water partition coefficient (Wildman–Crippen LogP) is 0.530. The third-order valence-corrected chi connectivity index (χ3v) is 2.26. The number of benzene rings is 1. The molecule has 0 aliphatic carbocycles. The molecule has 17 heavy (non-hydrogen) atoms. The van der Waals surface area contributed by atoms with E-state index in [9.17, 15) is 9.50 Å². The highest BCUT2D eigenvalue weighted by atomic mass is 19.1. The van der Waals surface area contributed by atoms with E-state index in [1.807, 2.05) is 6.07 Å². The van der Waals surface area contributed by atoms with Gasteiger partial charge in [-0.05, 0) is 30.7 Å². The number of rotatable bonds is 5. The van der Waals surface area contributed by atoms with E-state index in [-0.39, 0.29) is 18.7 Å². The quantitative estimate of drug-likeness (QED) is 0.699. The predicted molar refractivity (Wildman–Crippen MR) is 60.5 cm³/mol. The van der Waals surface area contributed by atoms with Gasteiger partial charge in [-0.3, -0.25) is 0 Å². The molecule has 0 bridgehead atoms. The van der Waals surface area contributed by atoms with Gasteiger partial charge in [0, 0.05) is 13.1 Å². The second-order valence-corrected chi connectivity index (χ2v) is 4.22. The highest BCUT2D eigenvalue weighted by Gasteiger charge is 2.17. The van der Waals surface area contributed by atoms with Crippen LogP contribution in [0.4, 0.5) is 4.39 Å². The average Bonchev–Trinajstić information content (AvgIpc) is 2.28. The Kier molecular flexibility index (Phi) is 4.58. The van der Waals surface area contributed by atoms with Gasteiger partial charge in [-0.2, -0.15) is 5.26 Å². The van der Waals surface area contributed by atoms with E-state index in [4.69, 9.17) is 10.4 Å². The maximum atomic E-state index is 13.1. The van der Waals surface area contributed by atoms with Gasteiger partial charge in [0.1, 0.15) is 5.82 Å². The summed E-state index contributed by atoms with van der Waals surface area (Å²) >= 11 is 0. The molecule has 0 aliphatic heterocycles. The van der Waals surface area contributed by atoms with Gasteiger partial charge >= 0.3 is 0 Å². The minimum Gasteiger partial charge on any atom is -0.393 e. The standard InChI is InChI=1S/C12H15FN2O2/c1-12(17,8-16)7-15-6-10-2-9(5-14)3-11(13)4-10/h2-4,15-17H,6-8H2,1H3. The van der Waals surface area contributed by atoms with Gasteiger partial charge in [0.2, 0.25) is 0 Å². The van der Waals surface area contributed by atoms with Crippen molar-refractivity contribution < 1.29 is 14.6 Å². The molecule has 0 aromatic heterocycles. The highest BCUT2D eigenvalue weighted by Crippen LogP contribution is 2.08. The van der Waals surface area contributed by atoms with E-state index in [1.165, 1.54) is 13.0 Å². The first-order valence-corrected chi connectivity index (χ1v) is 5.20. The number of nitriles is 1. The number of aliphatic hydroxyl groups excluding tert-OH is 1. The fourth-order valence-electron chi connectivity index (χ4n) is 1.35. The zero-order valence-electron chi connectivity index (χ0n) is 9.57. The Morgan fingerprint density at radius 3 is 2.76 bits per heavy atom. The van der Waals surface area contributed by atoms with Gasteiger partial charge in [-0.25, -0.2) is 4.39 Å². The van der Waals surface area contributed by atoms with E-state index in [0.717, 1.165) is 6.07 Å². The van der Waals surface area contributed by atoms with Crippen molar-refractivity contribution in [3.05, 3.63) is 35.1 Å². The van der Waals surface area contributed by atoms with Crippen molar-refractivity contribution in [3.8, 4) is 6.07 Å². The summed E-state index contributed by atoms with van der Waals surface area (Å²) in [6.07, 6.45) is 0. The van der Waals surface area contributed by atoms with Crippen molar-refractivity contribution in [1.82, 2.24) is 5.32 Å². The van der Waals surface area contributed by atoms with Crippen molar-refractivity contribution in [3.63, 3.8) is 0 Å². The molecule has 0 spiro atoms. The molecular formula is C12H15FN2O2. The van der Waals surface area contributed by atoms with Crippen LogP contribution in [0.5, 0.6) is 0 Å². The Labute approximate surface area is 99.3 Å². The molecule has 92 valence electrons. The largest absolute Gasteiger partial charge is 0.393 e. The van der Waals surface area contributed by atoms with Crippen LogP contribution in [0.15, 0.2) is 18.2 Å². The zero-order chi connectivity index (χ0) is 12.9. The molecule has 0 radical (unpaired) electrons. The van der Waals surface area contributed by atoms with Crippen LogP contribution in [0.25, 0.3) is 0 Å². The first-order chi connectivity index (χ1) is 7.96. The zero-order valence-corrected chi connectivity index (χ0v) is 9.57. The van der Waals surface area contributed by atoms with E-state index in [1.54, 1.807) is 6.07 Å². The van der Waals surface area contributed by atoms with Crippen molar-refractivity contribution in [2.75, 3.05) is 13.2 Å². The van der Waals surface area contributed by atoms with Crippen LogP contribution in [0, 0.1) is 17.1 Å². The lowest BCUT2D eigenvalue weighted by Crippen LogP contribution is -2.40. The fourth-order valence-corrected chi connectivity index (χ4v) is 1.35. The van der Waals surface area contributed by atoms with Gasteiger partial charge in [0.05, 0.1) is 23.8 Å². The first-order valence-electron chi connectivity index (χ1n) is 5.20. The van der Waals surface area contributed by atoms with Crippen molar-refractivity contribution in [2.45, 2.75) is 19.1 Å². The van der Waals surface area contributed by atoms with E-state index in [2.05, 4.69) is 5.32 Å². The lowest BCUT2D eigenvalue weighted by atomic mass is 10.1. The minimum absolute atomic E-state index is 0.182. The molecule has 0 amide bonds. The molecule has 1 rings (SSSR count). The SMILES string of the molecule is CC(O)(CO)CNCc1cc(F)cc(C#N)c1. The third-order valence-electron chi connectivity index (χ3n) is 2.26. The molecule has 1 aromatic rings. The average molecular weight is 238 g/mol. The number of halogens is 1. The smallest absolute Gasteiger partial charge is 0.124 e. The van der Waals surface area contributed by atoms with Gasteiger partial charge in [-0.15, -0.1) is 0 Å². The van der Waals surface area contributed by atoms with Crippen molar-refractivity contribution >= 4 is 0 Å². The molecule has 4 nitrogen and oxygen atoms in total. The molecule has 1 unspecified atom stereocenters. The summed E-state index contributed by atoms with van der Waals surface area (Å²) in [6.45, 7) is 1.64. The van der Waals surface area contributed by atoms with Crippen LogP contribution in [0.1, 0.15) is 18.1 Å². The van der Waals surface area contributed by atoms with Crippen LogP contribution in [0.2, 0.25) is 0 Å². The van der Waals surface area contributed by atoms with E-state index < -0.39 is 11.4 Å². The lowest BCUT2D eigenvalue weighted by molar-refractivity contribution is 0.00253.